The molecule has 0 spiro atoms. The summed E-state index contributed by atoms with van der Waals surface area (Å²) in [6, 6.07) is 10.2. The van der Waals surface area contributed by atoms with Crippen LogP contribution >= 0.6 is 0 Å². The molecule has 100 valence electrons. The van der Waals surface area contributed by atoms with Crippen LogP contribution in [0.25, 0.3) is 0 Å². The van der Waals surface area contributed by atoms with Gasteiger partial charge in [0.2, 0.25) is 0 Å². The van der Waals surface area contributed by atoms with Gasteiger partial charge in [-0.1, -0.05) is 12.1 Å². The summed E-state index contributed by atoms with van der Waals surface area (Å²) >= 11 is 0. The van der Waals surface area contributed by atoms with Gasteiger partial charge in [-0.05, 0) is 17.7 Å². The predicted molar refractivity (Wildman–Crippen MR) is 74.9 cm³/mol. The van der Waals surface area contributed by atoms with Crippen LogP contribution in [0.4, 0.5) is 5.69 Å². The van der Waals surface area contributed by atoms with Crippen molar-refractivity contribution in [2.75, 3.05) is 32.1 Å². The zero-order valence-electron chi connectivity index (χ0n) is 11.5. The molecule has 1 atom stereocenters. The van der Waals surface area contributed by atoms with E-state index in [1.807, 2.05) is 43.3 Å². The van der Waals surface area contributed by atoms with Gasteiger partial charge in [-0.25, -0.2) is 0 Å². The molecule has 1 fully saturated rings. The Balaban J connectivity index is 2.13. The minimum atomic E-state index is -0.246. The maximum Gasteiger partial charge on any atom is 0.135 e. The molecule has 19 heavy (non-hydrogen) atoms. The number of likely N-dealkylation sites (tertiary alicyclic amines) is 1. The highest BCUT2D eigenvalue weighted by molar-refractivity contribution is 5.79. The monoisotopic (exact) mass is 257 g/mol. The van der Waals surface area contributed by atoms with Crippen LogP contribution < -0.4 is 4.90 Å². The summed E-state index contributed by atoms with van der Waals surface area (Å²) in [5, 5.41) is 9.39. The lowest BCUT2D eigenvalue weighted by Gasteiger charge is -2.30. The molecule has 0 aromatic heterocycles. The number of Topliss-reactive ketones (excluding diaryl/α,β-unsaturated/α-hetero) is 1. The molecule has 1 aromatic carbocycles. The second-order valence-electron chi connectivity index (χ2n) is 5.09. The van der Waals surface area contributed by atoms with Crippen LogP contribution in [-0.4, -0.2) is 37.9 Å². The standard InChI is InChI=1S/C15H19N3O/c1-17(2)13-5-3-12(4-6-13)15(11-16)18-9-7-14(19)8-10-18/h3-6,15H,7-10H2,1-2H3. The molecule has 1 saturated heterocycles. The molecule has 0 bridgehead atoms. The van der Waals surface area contributed by atoms with Crippen molar-refractivity contribution >= 4 is 11.5 Å². The van der Waals surface area contributed by atoms with Gasteiger partial charge < -0.3 is 4.90 Å². The summed E-state index contributed by atoms with van der Waals surface area (Å²) in [5.41, 5.74) is 2.12. The smallest absolute Gasteiger partial charge is 0.135 e. The van der Waals surface area contributed by atoms with Gasteiger partial charge in [-0.3, -0.25) is 9.69 Å². The molecule has 1 unspecified atom stereocenters. The van der Waals surface area contributed by atoms with E-state index >= 15 is 0 Å². The molecular formula is C15H19N3O. The number of anilines is 1. The molecule has 0 N–H and O–H groups in total. The zero-order chi connectivity index (χ0) is 13.8. The van der Waals surface area contributed by atoms with Crippen LogP contribution in [0.5, 0.6) is 0 Å². The number of benzene rings is 1. The van der Waals surface area contributed by atoms with Crippen molar-refractivity contribution in [3.63, 3.8) is 0 Å². The number of carbonyl (C=O) groups excluding carboxylic acids is 1. The number of piperidine rings is 1. The minimum Gasteiger partial charge on any atom is -0.378 e. The molecule has 0 aliphatic carbocycles. The number of nitrogens with zero attached hydrogens (tertiary/aromatic N) is 3. The number of hydrogen-bond acceptors (Lipinski definition) is 4. The van der Waals surface area contributed by atoms with Crippen LogP contribution in [0.2, 0.25) is 0 Å². The summed E-state index contributed by atoms with van der Waals surface area (Å²) in [6.07, 6.45) is 1.13. The average molecular weight is 257 g/mol. The molecule has 1 aromatic rings. The molecule has 1 heterocycles. The van der Waals surface area contributed by atoms with Gasteiger partial charge in [0.15, 0.2) is 0 Å². The van der Waals surface area contributed by atoms with Crippen molar-refractivity contribution < 1.29 is 4.79 Å². The normalized spacial score (nSPS) is 17.8. The highest BCUT2D eigenvalue weighted by atomic mass is 16.1. The Morgan fingerprint density at radius 1 is 1.21 bits per heavy atom. The van der Waals surface area contributed by atoms with E-state index in [9.17, 15) is 10.1 Å². The summed E-state index contributed by atoms with van der Waals surface area (Å²) in [4.78, 5) is 15.4. The van der Waals surface area contributed by atoms with E-state index in [0.29, 0.717) is 31.7 Å². The quantitative estimate of drug-likeness (QED) is 0.830. The molecule has 0 amide bonds. The second kappa shape index (κ2) is 5.85. The van der Waals surface area contributed by atoms with Crippen LogP contribution in [-0.2, 0) is 4.79 Å². The van der Waals surface area contributed by atoms with Crippen molar-refractivity contribution in [1.82, 2.24) is 4.90 Å². The van der Waals surface area contributed by atoms with E-state index < -0.39 is 0 Å². The van der Waals surface area contributed by atoms with Gasteiger partial charge in [0.05, 0.1) is 6.07 Å². The Morgan fingerprint density at radius 3 is 2.26 bits per heavy atom. The fourth-order valence-corrected chi connectivity index (χ4v) is 2.35. The summed E-state index contributed by atoms with van der Waals surface area (Å²) < 4.78 is 0. The number of carbonyl (C=O) groups is 1. The lowest BCUT2D eigenvalue weighted by molar-refractivity contribution is -0.121. The molecule has 1 aliphatic heterocycles. The van der Waals surface area contributed by atoms with Crippen LogP contribution in [0.1, 0.15) is 24.4 Å². The van der Waals surface area contributed by atoms with E-state index in [-0.39, 0.29) is 6.04 Å². The van der Waals surface area contributed by atoms with Crippen LogP contribution in [0, 0.1) is 11.3 Å². The lowest BCUT2D eigenvalue weighted by atomic mass is 10.0. The maximum atomic E-state index is 11.3. The highest BCUT2D eigenvalue weighted by Crippen LogP contribution is 2.24. The average Bonchev–Trinajstić information content (AvgIpc) is 2.42. The van der Waals surface area contributed by atoms with E-state index in [0.717, 1.165) is 11.3 Å². The van der Waals surface area contributed by atoms with Crippen molar-refractivity contribution in [3.8, 4) is 6.07 Å². The number of rotatable bonds is 3. The molecule has 0 saturated carbocycles. The fraction of sp³-hybridized carbons (Fsp3) is 0.467. The van der Waals surface area contributed by atoms with Gasteiger partial charge in [0.1, 0.15) is 11.8 Å². The maximum absolute atomic E-state index is 11.3. The van der Waals surface area contributed by atoms with Crippen molar-refractivity contribution in [1.29, 1.82) is 5.26 Å². The highest BCUT2D eigenvalue weighted by Gasteiger charge is 2.24. The first-order chi connectivity index (χ1) is 9.11. The summed E-state index contributed by atoms with van der Waals surface area (Å²) in [6.45, 7) is 1.37. The Bertz CT molecular complexity index is 477. The molecule has 2 rings (SSSR count). The van der Waals surface area contributed by atoms with Crippen molar-refractivity contribution in [2.45, 2.75) is 18.9 Å². The molecule has 4 nitrogen and oxygen atoms in total. The first-order valence-corrected chi connectivity index (χ1v) is 6.54. The number of hydrogen-bond donors (Lipinski definition) is 0. The van der Waals surface area contributed by atoms with Gasteiger partial charge >= 0.3 is 0 Å². The Hall–Kier alpha value is -1.86. The van der Waals surface area contributed by atoms with Gasteiger partial charge in [-0.15, -0.1) is 0 Å². The SMILES string of the molecule is CN(C)c1ccc(C(C#N)N2CCC(=O)CC2)cc1. The molecule has 1 aliphatic rings. The molecule has 4 heteroatoms. The van der Waals surface area contributed by atoms with Crippen molar-refractivity contribution in [2.24, 2.45) is 0 Å². The lowest BCUT2D eigenvalue weighted by Crippen LogP contribution is -2.36. The van der Waals surface area contributed by atoms with Crippen LogP contribution in [0.3, 0.4) is 0 Å². The summed E-state index contributed by atoms with van der Waals surface area (Å²) in [7, 11) is 3.99. The van der Waals surface area contributed by atoms with Crippen molar-refractivity contribution in [3.05, 3.63) is 29.8 Å². The Labute approximate surface area is 114 Å². The van der Waals surface area contributed by atoms with E-state index in [1.54, 1.807) is 0 Å². The van der Waals surface area contributed by atoms with E-state index in [4.69, 9.17) is 0 Å². The zero-order valence-corrected chi connectivity index (χ0v) is 11.5. The molecule has 0 radical (unpaired) electrons. The van der Waals surface area contributed by atoms with Gasteiger partial charge in [-0.2, -0.15) is 5.26 Å². The topological polar surface area (TPSA) is 47.3 Å². The van der Waals surface area contributed by atoms with Crippen LogP contribution in [0.15, 0.2) is 24.3 Å². The van der Waals surface area contributed by atoms with E-state index in [1.165, 1.54) is 0 Å². The minimum absolute atomic E-state index is 0.246. The Morgan fingerprint density at radius 2 is 1.79 bits per heavy atom. The van der Waals surface area contributed by atoms with Gasteiger partial charge in [0, 0.05) is 45.7 Å². The first-order valence-electron chi connectivity index (χ1n) is 6.54. The third-order valence-corrected chi connectivity index (χ3v) is 3.57. The summed E-state index contributed by atoms with van der Waals surface area (Å²) in [5.74, 6) is 0.302. The fourth-order valence-electron chi connectivity index (χ4n) is 2.35. The largest absolute Gasteiger partial charge is 0.378 e. The van der Waals surface area contributed by atoms with Gasteiger partial charge in [0.25, 0.3) is 0 Å². The third kappa shape index (κ3) is 3.12. The number of ketones is 1. The first kappa shape index (κ1) is 13.6. The Kier molecular flexibility index (Phi) is 4.18. The predicted octanol–water partition coefficient (Wildman–Crippen LogP) is 1.98. The molecular weight excluding hydrogens is 238 g/mol. The van der Waals surface area contributed by atoms with E-state index in [2.05, 4.69) is 11.0 Å². The third-order valence-electron chi connectivity index (χ3n) is 3.57. The number of nitriles is 1. The second-order valence-corrected chi connectivity index (χ2v) is 5.09.